The number of hydrogen-bond acceptors (Lipinski definition) is 3. The molecule has 0 amide bonds. The number of benzene rings is 1. The van der Waals surface area contributed by atoms with Crippen LogP contribution in [0.2, 0.25) is 0 Å². The van der Waals surface area contributed by atoms with E-state index in [1.807, 2.05) is 24.3 Å². The average Bonchev–Trinajstić information content (AvgIpc) is 2.78. The van der Waals surface area contributed by atoms with E-state index in [0.29, 0.717) is 18.6 Å². The predicted octanol–water partition coefficient (Wildman–Crippen LogP) is 4.88. The molecule has 5 nitrogen and oxygen atoms in total. The average molecular weight is 428 g/mol. The van der Waals surface area contributed by atoms with Gasteiger partial charge in [-0.05, 0) is 62.2 Å². The number of ether oxygens (including phenoxy) is 1. The molecular weight excluding hydrogens is 394 g/mol. The van der Waals surface area contributed by atoms with Crippen molar-refractivity contribution < 1.29 is 4.74 Å². The number of H-pyrrole nitrogens is 1. The molecule has 2 saturated carbocycles. The van der Waals surface area contributed by atoms with E-state index in [-0.39, 0.29) is 5.56 Å². The second-order valence-electron chi connectivity index (χ2n) is 8.78. The lowest BCUT2D eigenvalue weighted by molar-refractivity contribution is 0.230. The Morgan fingerprint density at radius 1 is 1.10 bits per heavy atom. The van der Waals surface area contributed by atoms with E-state index in [1.54, 1.807) is 7.11 Å². The number of aromatic nitrogens is 1. The van der Waals surface area contributed by atoms with Gasteiger partial charge in [0.05, 0.1) is 13.7 Å². The first-order valence-electron chi connectivity index (χ1n) is 11.4. The van der Waals surface area contributed by atoms with Crippen molar-refractivity contribution in [3.05, 3.63) is 40.2 Å². The molecule has 0 spiro atoms. The van der Waals surface area contributed by atoms with E-state index >= 15 is 0 Å². The first-order valence-corrected chi connectivity index (χ1v) is 11.8. The highest BCUT2D eigenvalue weighted by molar-refractivity contribution is 7.80. The van der Waals surface area contributed by atoms with Crippen LogP contribution in [0.1, 0.15) is 69.8 Å². The maximum atomic E-state index is 12.8. The number of rotatable bonds is 5. The van der Waals surface area contributed by atoms with Crippen LogP contribution in [0.5, 0.6) is 5.75 Å². The highest BCUT2D eigenvalue weighted by atomic mass is 32.1. The van der Waals surface area contributed by atoms with Gasteiger partial charge in [0.1, 0.15) is 5.75 Å². The van der Waals surface area contributed by atoms with Crippen molar-refractivity contribution in [3.8, 4) is 5.75 Å². The zero-order chi connectivity index (χ0) is 20.9. The van der Waals surface area contributed by atoms with Gasteiger partial charge in [0.15, 0.2) is 5.11 Å². The molecule has 2 aromatic rings. The molecule has 30 heavy (non-hydrogen) atoms. The van der Waals surface area contributed by atoms with Gasteiger partial charge in [-0.15, -0.1) is 0 Å². The molecular formula is C24H33N3O2S. The molecule has 4 rings (SSSR count). The number of nitrogens with one attached hydrogen (secondary N) is 2. The lowest BCUT2D eigenvalue weighted by Gasteiger charge is -2.38. The third-order valence-corrected chi connectivity index (χ3v) is 7.03. The SMILES string of the molecule is COc1ccc2[nH]c(=O)c(CN(C(=S)NC3CCCCC3)C3CCCCC3)cc2c1. The number of pyridine rings is 1. The summed E-state index contributed by atoms with van der Waals surface area (Å²) >= 11 is 5.90. The van der Waals surface area contributed by atoms with Gasteiger partial charge in [-0.25, -0.2) is 0 Å². The lowest BCUT2D eigenvalue weighted by atomic mass is 9.93. The zero-order valence-electron chi connectivity index (χ0n) is 17.9. The highest BCUT2D eigenvalue weighted by Gasteiger charge is 2.26. The molecule has 2 fully saturated rings. The lowest BCUT2D eigenvalue weighted by Crippen LogP contribution is -2.50. The van der Waals surface area contributed by atoms with E-state index in [1.165, 1.54) is 51.4 Å². The Hall–Kier alpha value is -2.08. The normalized spacial score (nSPS) is 18.3. The van der Waals surface area contributed by atoms with E-state index in [4.69, 9.17) is 17.0 Å². The molecule has 0 radical (unpaired) electrons. The van der Waals surface area contributed by atoms with Crippen LogP contribution >= 0.6 is 12.2 Å². The van der Waals surface area contributed by atoms with Crippen molar-refractivity contribution in [2.75, 3.05) is 7.11 Å². The summed E-state index contributed by atoms with van der Waals surface area (Å²) in [5.41, 5.74) is 1.56. The van der Waals surface area contributed by atoms with Crippen molar-refractivity contribution in [3.63, 3.8) is 0 Å². The quantitative estimate of drug-likeness (QED) is 0.666. The van der Waals surface area contributed by atoms with Gasteiger partial charge in [-0.2, -0.15) is 0 Å². The number of hydrogen-bond donors (Lipinski definition) is 2. The van der Waals surface area contributed by atoms with Gasteiger partial charge < -0.3 is 19.9 Å². The Morgan fingerprint density at radius 2 is 1.80 bits per heavy atom. The van der Waals surface area contributed by atoms with Gasteiger partial charge >= 0.3 is 0 Å². The first-order chi connectivity index (χ1) is 14.6. The van der Waals surface area contributed by atoms with E-state index in [0.717, 1.165) is 40.2 Å². The van der Waals surface area contributed by atoms with E-state index in [9.17, 15) is 4.79 Å². The summed E-state index contributed by atoms with van der Waals surface area (Å²) in [6.07, 6.45) is 12.3. The van der Waals surface area contributed by atoms with E-state index < -0.39 is 0 Å². The molecule has 2 aliphatic carbocycles. The Kier molecular flexibility index (Phi) is 6.93. The zero-order valence-corrected chi connectivity index (χ0v) is 18.7. The van der Waals surface area contributed by atoms with Crippen LogP contribution in [0.25, 0.3) is 10.9 Å². The maximum Gasteiger partial charge on any atom is 0.253 e. The van der Waals surface area contributed by atoms with E-state index in [2.05, 4.69) is 15.2 Å². The molecule has 0 aliphatic heterocycles. The molecule has 0 saturated heterocycles. The fourth-order valence-corrected chi connectivity index (χ4v) is 5.30. The molecule has 0 atom stereocenters. The van der Waals surface area contributed by atoms with Crippen molar-refractivity contribution in [2.45, 2.75) is 82.8 Å². The van der Waals surface area contributed by atoms with Gasteiger partial charge in [0.25, 0.3) is 5.56 Å². The molecule has 162 valence electrons. The predicted molar refractivity (Wildman–Crippen MR) is 126 cm³/mol. The van der Waals surface area contributed by atoms with Gasteiger partial charge in [-0.1, -0.05) is 38.5 Å². The summed E-state index contributed by atoms with van der Waals surface area (Å²) in [5, 5.41) is 5.44. The van der Waals surface area contributed by atoms with Gasteiger partial charge in [-0.3, -0.25) is 4.79 Å². The molecule has 2 N–H and O–H groups in total. The van der Waals surface area contributed by atoms with Crippen molar-refractivity contribution in [2.24, 2.45) is 0 Å². The number of thiocarbonyl (C=S) groups is 1. The van der Waals surface area contributed by atoms with Crippen LogP contribution < -0.4 is 15.6 Å². The summed E-state index contributed by atoms with van der Waals surface area (Å²) in [4.78, 5) is 18.2. The minimum Gasteiger partial charge on any atom is -0.497 e. The Labute approximate surface area is 184 Å². The van der Waals surface area contributed by atoms with Crippen molar-refractivity contribution >= 4 is 28.2 Å². The largest absolute Gasteiger partial charge is 0.497 e. The minimum atomic E-state index is -0.0334. The molecule has 6 heteroatoms. The Balaban J connectivity index is 1.59. The number of aromatic amines is 1. The summed E-state index contributed by atoms with van der Waals surface area (Å²) in [5.74, 6) is 0.791. The summed E-state index contributed by atoms with van der Waals surface area (Å²) in [6.45, 7) is 0.547. The second-order valence-corrected chi connectivity index (χ2v) is 9.17. The van der Waals surface area contributed by atoms with Crippen molar-refractivity contribution in [1.29, 1.82) is 0 Å². The topological polar surface area (TPSA) is 57.4 Å². The van der Waals surface area contributed by atoms with Gasteiger partial charge in [0, 0.05) is 28.6 Å². The van der Waals surface area contributed by atoms with Crippen LogP contribution in [0.15, 0.2) is 29.1 Å². The Bertz CT molecular complexity index is 930. The summed E-state index contributed by atoms with van der Waals surface area (Å²) < 4.78 is 5.36. The molecule has 1 aromatic carbocycles. The Morgan fingerprint density at radius 3 is 2.50 bits per heavy atom. The van der Waals surface area contributed by atoms with Crippen LogP contribution in [0.4, 0.5) is 0 Å². The smallest absolute Gasteiger partial charge is 0.253 e. The van der Waals surface area contributed by atoms with Gasteiger partial charge in [0.2, 0.25) is 0 Å². The summed E-state index contributed by atoms with van der Waals surface area (Å²) in [6, 6.07) is 8.61. The third kappa shape index (κ3) is 4.97. The minimum absolute atomic E-state index is 0.0334. The molecule has 1 heterocycles. The molecule has 1 aromatic heterocycles. The van der Waals surface area contributed by atoms with Crippen LogP contribution in [-0.2, 0) is 6.54 Å². The molecule has 2 aliphatic rings. The van der Waals surface area contributed by atoms with Crippen LogP contribution in [0.3, 0.4) is 0 Å². The number of nitrogens with zero attached hydrogens (tertiary/aromatic N) is 1. The molecule has 0 bridgehead atoms. The fraction of sp³-hybridized carbons (Fsp3) is 0.583. The second kappa shape index (κ2) is 9.82. The maximum absolute atomic E-state index is 12.8. The third-order valence-electron chi connectivity index (χ3n) is 6.68. The molecule has 0 unspecified atom stereocenters. The fourth-order valence-electron chi connectivity index (χ4n) is 4.92. The first kappa shape index (κ1) is 21.2. The number of fused-ring (bicyclic) bond motifs is 1. The number of methoxy groups -OCH3 is 1. The standard InChI is InChI=1S/C24H33N3O2S/c1-29-21-12-13-22-17(15-21)14-18(23(28)26-22)16-27(20-10-6-3-7-11-20)24(30)25-19-8-4-2-5-9-19/h12-15,19-20H,2-11,16H2,1H3,(H,25,30)(H,26,28). The van der Waals surface area contributed by atoms with Crippen LogP contribution in [0, 0.1) is 0 Å². The van der Waals surface area contributed by atoms with Crippen molar-refractivity contribution in [1.82, 2.24) is 15.2 Å². The monoisotopic (exact) mass is 427 g/mol. The van der Waals surface area contributed by atoms with Crippen LogP contribution in [-0.4, -0.2) is 34.2 Å². The highest BCUT2D eigenvalue weighted by Crippen LogP contribution is 2.26. The summed E-state index contributed by atoms with van der Waals surface area (Å²) in [7, 11) is 1.66.